The summed E-state index contributed by atoms with van der Waals surface area (Å²) in [5.74, 6) is -0.262. The van der Waals surface area contributed by atoms with Crippen LogP contribution in [0.25, 0.3) is 10.9 Å². The van der Waals surface area contributed by atoms with Crippen LogP contribution in [0.5, 0.6) is 0 Å². The van der Waals surface area contributed by atoms with Crippen molar-refractivity contribution in [3.8, 4) is 0 Å². The Morgan fingerprint density at radius 2 is 2.32 bits per heavy atom. The van der Waals surface area contributed by atoms with Crippen LogP contribution >= 0.6 is 0 Å². The number of rotatable bonds is 4. The SMILES string of the molecule is C[C@@H](C(=O)NC[C@H]1CCCO1)n1nnc2ccccc2c1=O. The number of ether oxygens (including phenoxy) is 1. The molecular weight excluding hydrogens is 284 g/mol. The van der Waals surface area contributed by atoms with Crippen molar-refractivity contribution >= 4 is 16.8 Å². The minimum atomic E-state index is -0.717. The summed E-state index contributed by atoms with van der Waals surface area (Å²) in [4.78, 5) is 24.6. The highest BCUT2D eigenvalue weighted by atomic mass is 16.5. The van der Waals surface area contributed by atoms with Crippen molar-refractivity contribution in [2.45, 2.75) is 31.9 Å². The summed E-state index contributed by atoms with van der Waals surface area (Å²) in [5, 5.41) is 11.1. The largest absolute Gasteiger partial charge is 0.376 e. The number of nitrogens with one attached hydrogen (secondary N) is 1. The minimum Gasteiger partial charge on any atom is -0.376 e. The molecule has 1 aromatic heterocycles. The first-order chi connectivity index (χ1) is 10.7. The maximum absolute atomic E-state index is 12.4. The highest BCUT2D eigenvalue weighted by molar-refractivity contribution is 5.81. The number of carbonyl (C=O) groups is 1. The van der Waals surface area contributed by atoms with Crippen LogP contribution in [-0.4, -0.2) is 40.2 Å². The fourth-order valence-electron chi connectivity index (χ4n) is 2.53. The quantitative estimate of drug-likeness (QED) is 0.896. The number of nitrogens with zero attached hydrogens (tertiary/aromatic N) is 3. The zero-order valence-corrected chi connectivity index (χ0v) is 12.4. The van der Waals surface area contributed by atoms with Crippen LogP contribution in [0.1, 0.15) is 25.8 Å². The Hall–Kier alpha value is -2.28. The first-order valence-electron chi connectivity index (χ1n) is 7.40. The minimum absolute atomic E-state index is 0.0653. The van der Waals surface area contributed by atoms with Gasteiger partial charge in [-0.05, 0) is 31.9 Å². The Bertz CT molecular complexity index is 737. The summed E-state index contributed by atoms with van der Waals surface area (Å²) >= 11 is 0. The second kappa shape index (κ2) is 6.23. The van der Waals surface area contributed by atoms with E-state index in [4.69, 9.17) is 4.74 Å². The zero-order chi connectivity index (χ0) is 15.5. The standard InChI is InChI=1S/C15H18N4O3/c1-10(14(20)16-9-11-5-4-8-22-11)19-15(21)12-6-2-3-7-13(12)17-18-19/h2-3,6-7,10-11H,4-5,8-9H2,1H3,(H,16,20)/t10-,11+/m0/s1. The average Bonchev–Trinajstić information content (AvgIpc) is 3.06. The summed E-state index contributed by atoms with van der Waals surface area (Å²) in [6.07, 6.45) is 2.03. The maximum atomic E-state index is 12.4. The van der Waals surface area contributed by atoms with Gasteiger partial charge in [-0.25, -0.2) is 0 Å². The van der Waals surface area contributed by atoms with Gasteiger partial charge in [0.15, 0.2) is 0 Å². The van der Waals surface area contributed by atoms with Gasteiger partial charge in [0.1, 0.15) is 11.6 Å². The van der Waals surface area contributed by atoms with Crippen molar-refractivity contribution in [1.29, 1.82) is 0 Å². The summed E-state index contributed by atoms with van der Waals surface area (Å²) < 4.78 is 6.58. The fourth-order valence-corrected chi connectivity index (χ4v) is 2.53. The van der Waals surface area contributed by atoms with E-state index in [-0.39, 0.29) is 17.6 Å². The van der Waals surface area contributed by atoms with Crippen molar-refractivity contribution < 1.29 is 9.53 Å². The molecule has 3 rings (SSSR count). The van der Waals surface area contributed by atoms with Crippen LogP contribution in [0.2, 0.25) is 0 Å². The van der Waals surface area contributed by atoms with Crippen molar-refractivity contribution in [2.75, 3.05) is 13.2 Å². The molecule has 1 amide bonds. The van der Waals surface area contributed by atoms with E-state index in [1.165, 1.54) is 0 Å². The van der Waals surface area contributed by atoms with Gasteiger partial charge in [-0.1, -0.05) is 17.3 Å². The van der Waals surface area contributed by atoms with E-state index >= 15 is 0 Å². The fraction of sp³-hybridized carbons (Fsp3) is 0.467. The smallest absolute Gasteiger partial charge is 0.278 e. The Morgan fingerprint density at radius 3 is 3.09 bits per heavy atom. The molecule has 22 heavy (non-hydrogen) atoms. The van der Waals surface area contributed by atoms with Crippen molar-refractivity contribution in [3.63, 3.8) is 0 Å². The van der Waals surface area contributed by atoms with Gasteiger partial charge >= 0.3 is 0 Å². The first-order valence-corrected chi connectivity index (χ1v) is 7.40. The molecule has 116 valence electrons. The molecule has 1 aromatic carbocycles. The van der Waals surface area contributed by atoms with E-state index in [0.29, 0.717) is 17.4 Å². The second-order valence-corrected chi connectivity index (χ2v) is 5.41. The van der Waals surface area contributed by atoms with E-state index in [9.17, 15) is 9.59 Å². The molecule has 0 unspecified atom stereocenters. The number of benzene rings is 1. The molecule has 0 radical (unpaired) electrons. The monoisotopic (exact) mass is 302 g/mol. The molecule has 1 saturated heterocycles. The van der Waals surface area contributed by atoms with E-state index in [2.05, 4.69) is 15.6 Å². The molecule has 0 bridgehead atoms. The molecule has 7 nitrogen and oxygen atoms in total. The lowest BCUT2D eigenvalue weighted by atomic mass is 10.2. The normalized spacial score (nSPS) is 19.2. The molecule has 1 aliphatic rings. The van der Waals surface area contributed by atoms with Gasteiger partial charge in [0.25, 0.3) is 5.56 Å². The Kier molecular flexibility index (Phi) is 4.15. The molecule has 1 fully saturated rings. The molecule has 0 saturated carbocycles. The van der Waals surface area contributed by atoms with Gasteiger partial charge in [-0.3, -0.25) is 9.59 Å². The van der Waals surface area contributed by atoms with Gasteiger partial charge < -0.3 is 10.1 Å². The molecule has 2 aromatic rings. The third kappa shape index (κ3) is 2.85. The van der Waals surface area contributed by atoms with Crippen LogP contribution in [-0.2, 0) is 9.53 Å². The Balaban J connectivity index is 1.76. The van der Waals surface area contributed by atoms with Crippen LogP contribution in [0.3, 0.4) is 0 Å². The molecule has 2 heterocycles. The van der Waals surface area contributed by atoms with Gasteiger partial charge in [-0.15, -0.1) is 5.10 Å². The Morgan fingerprint density at radius 1 is 1.50 bits per heavy atom. The molecule has 1 N–H and O–H groups in total. The third-order valence-electron chi connectivity index (χ3n) is 3.87. The molecular formula is C15H18N4O3. The van der Waals surface area contributed by atoms with Crippen LogP contribution in [0.4, 0.5) is 0 Å². The number of fused-ring (bicyclic) bond motifs is 1. The van der Waals surface area contributed by atoms with Gasteiger partial charge in [0.05, 0.1) is 11.5 Å². The molecule has 1 aliphatic heterocycles. The van der Waals surface area contributed by atoms with E-state index in [1.54, 1.807) is 31.2 Å². The number of hydrogen-bond donors (Lipinski definition) is 1. The zero-order valence-electron chi connectivity index (χ0n) is 12.4. The highest BCUT2D eigenvalue weighted by Gasteiger charge is 2.21. The molecule has 0 aliphatic carbocycles. The predicted octanol–water partition coefficient (Wildman–Crippen LogP) is 0.648. The summed E-state index contributed by atoms with van der Waals surface area (Å²) in [7, 11) is 0. The Labute approximate surface area is 127 Å². The highest BCUT2D eigenvalue weighted by Crippen LogP contribution is 2.11. The van der Waals surface area contributed by atoms with E-state index < -0.39 is 6.04 Å². The first kappa shape index (κ1) is 14.6. The van der Waals surface area contributed by atoms with E-state index in [0.717, 1.165) is 24.1 Å². The molecule has 7 heteroatoms. The molecule has 2 atom stereocenters. The average molecular weight is 302 g/mol. The topological polar surface area (TPSA) is 86.1 Å². The predicted molar refractivity (Wildman–Crippen MR) is 80.5 cm³/mol. The summed E-state index contributed by atoms with van der Waals surface area (Å²) in [6.45, 7) is 2.83. The van der Waals surface area contributed by atoms with E-state index in [1.807, 2.05) is 0 Å². The number of amides is 1. The van der Waals surface area contributed by atoms with Gasteiger partial charge in [0, 0.05) is 13.2 Å². The third-order valence-corrected chi connectivity index (χ3v) is 3.87. The van der Waals surface area contributed by atoms with Crippen molar-refractivity contribution in [1.82, 2.24) is 20.3 Å². The lowest BCUT2D eigenvalue weighted by Crippen LogP contribution is -2.40. The van der Waals surface area contributed by atoms with Gasteiger partial charge in [-0.2, -0.15) is 4.68 Å². The molecule has 0 spiro atoms. The van der Waals surface area contributed by atoms with Crippen molar-refractivity contribution in [3.05, 3.63) is 34.6 Å². The number of hydrogen-bond acceptors (Lipinski definition) is 5. The number of aromatic nitrogens is 3. The van der Waals surface area contributed by atoms with Crippen LogP contribution in [0, 0.1) is 0 Å². The van der Waals surface area contributed by atoms with Crippen LogP contribution in [0.15, 0.2) is 29.1 Å². The summed E-state index contributed by atoms with van der Waals surface area (Å²) in [5.41, 5.74) is 0.209. The maximum Gasteiger partial charge on any atom is 0.278 e. The summed E-state index contributed by atoms with van der Waals surface area (Å²) in [6, 6.07) is 6.23. The second-order valence-electron chi connectivity index (χ2n) is 5.41. The lowest BCUT2D eigenvalue weighted by Gasteiger charge is -2.15. The van der Waals surface area contributed by atoms with Gasteiger partial charge in [0.2, 0.25) is 5.91 Å². The lowest BCUT2D eigenvalue weighted by molar-refractivity contribution is -0.124. The van der Waals surface area contributed by atoms with Crippen molar-refractivity contribution in [2.24, 2.45) is 0 Å². The van der Waals surface area contributed by atoms with Crippen LogP contribution < -0.4 is 10.9 Å². The number of carbonyl (C=O) groups excluding carboxylic acids is 1.